The maximum absolute atomic E-state index is 9.43. The van der Waals surface area contributed by atoms with Gasteiger partial charge in [0.1, 0.15) is 0 Å². The molecule has 2 atom stereocenters. The van der Waals surface area contributed by atoms with Gasteiger partial charge in [0.05, 0.1) is 16.7 Å². The van der Waals surface area contributed by atoms with Gasteiger partial charge in [-0.05, 0) is 11.1 Å². The zero-order valence-corrected chi connectivity index (χ0v) is 11.7. The Morgan fingerprint density at radius 1 is 0.900 bits per heavy atom. The minimum absolute atomic E-state index is 0.0357. The van der Waals surface area contributed by atoms with Gasteiger partial charge in [0.2, 0.25) is 0 Å². The van der Waals surface area contributed by atoms with Gasteiger partial charge >= 0.3 is 0 Å². The summed E-state index contributed by atoms with van der Waals surface area (Å²) in [7, 11) is 0. The zero-order chi connectivity index (χ0) is 13.9. The number of allylic oxidation sites excluding steroid dienone is 1. The highest BCUT2D eigenvalue weighted by Gasteiger charge is 2.36. The van der Waals surface area contributed by atoms with E-state index in [4.69, 9.17) is 5.73 Å². The van der Waals surface area contributed by atoms with Gasteiger partial charge in [-0.2, -0.15) is 5.26 Å². The smallest absolute Gasteiger partial charge is 0.0981 e. The van der Waals surface area contributed by atoms with Crippen LogP contribution in [0.15, 0.2) is 71.3 Å². The molecular formula is C17H14N2S. The first kappa shape index (κ1) is 12.8. The fraction of sp³-hybridized carbons (Fsp3) is 0.118. The van der Waals surface area contributed by atoms with Crippen LogP contribution in [0.1, 0.15) is 22.3 Å². The van der Waals surface area contributed by atoms with Crippen molar-refractivity contribution < 1.29 is 0 Å². The molecule has 3 rings (SSSR count). The Hall–Kier alpha value is -2.18. The molecule has 2 aromatic rings. The van der Waals surface area contributed by atoms with Crippen LogP contribution in [0.4, 0.5) is 0 Å². The van der Waals surface area contributed by atoms with Crippen LogP contribution in [0.5, 0.6) is 0 Å². The van der Waals surface area contributed by atoms with Crippen molar-refractivity contribution in [3.63, 3.8) is 0 Å². The van der Waals surface area contributed by atoms with Crippen LogP contribution in [0, 0.1) is 11.3 Å². The van der Waals surface area contributed by atoms with Gasteiger partial charge in [0.15, 0.2) is 0 Å². The Morgan fingerprint density at radius 2 is 1.45 bits per heavy atom. The number of thioether (sulfide) groups is 1. The Labute approximate surface area is 122 Å². The lowest BCUT2D eigenvalue weighted by Gasteiger charge is -2.20. The molecule has 2 aromatic carbocycles. The topological polar surface area (TPSA) is 49.8 Å². The molecule has 0 aliphatic carbocycles. The summed E-state index contributed by atoms with van der Waals surface area (Å²) in [6, 6.07) is 22.7. The fourth-order valence-corrected chi connectivity index (χ4v) is 3.90. The number of rotatable bonds is 2. The van der Waals surface area contributed by atoms with E-state index < -0.39 is 0 Å². The largest absolute Gasteiger partial charge is 0.393 e. The van der Waals surface area contributed by atoms with E-state index in [9.17, 15) is 5.26 Å². The molecule has 0 radical (unpaired) electrons. The average Bonchev–Trinajstić information content (AvgIpc) is 2.85. The van der Waals surface area contributed by atoms with E-state index in [1.54, 1.807) is 11.8 Å². The molecule has 0 amide bonds. The van der Waals surface area contributed by atoms with E-state index in [0.717, 1.165) is 5.56 Å². The maximum atomic E-state index is 9.43. The Bertz CT molecular complexity index is 671. The van der Waals surface area contributed by atoms with Crippen molar-refractivity contribution in [3.8, 4) is 6.07 Å². The maximum Gasteiger partial charge on any atom is 0.0981 e. The normalized spacial score (nSPS) is 21.8. The van der Waals surface area contributed by atoms with Gasteiger partial charge in [-0.3, -0.25) is 0 Å². The summed E-state index contributed by atoms with van der Waals surface area (Å²) < 4.78 is 0. The second kappa shape index (κ2) is 5.44. The number of nitrogens with zero attached hydrogens (tertiary/aromatic N) is 1. The highest BCUT2D eigenvalue weighted by atomic mass is 32.2. The minimum Gasteiger partial charge on any atom is -0.393 e. The molecule has 2 nitrogen and oxygen atoms in total. The molecule has 0 spiro atoms. The summed E-state index contributed by atoms with van der Waals surface area (Å²) in [5, 5.41) is 10.3. The quantitative estimate of drug-likeness (QED) is 0.904. The van der Waals surface area contributed by atoms with Crippen LogP contribution in [-0.4, -0.2) is 0 Å². The molecule has 3 heteroatoms. The second-order valence-electron chi connectivity index (χ2n) is 4.73. The second-order valence-corrected chi connectivity index (χ2v) is 5.91. The molecule has 20 heavy (non-hydrogen) atoms. The molecule has 0 saturated carbocycles. The van der Waals surface area contributed by atoms with Crippen LogP contribution < -0.4 is 5.73 Å². The van der Waals surface area contributed by atoms with Gasteiger partial charge in [0, 0.05) is 11.2 Å². The summed E-state index contributed by atoms with van der Waals surface area (Å²) in [5.41, 5.74) is 9.11. The Balaban J connectivity index is 2.07. The van der Waals surface area contributed by atoms with E-state index in [1.165, 1.54) is 5.56 Å². The number of nitrogens with two attached hydrogens (primary N) is 1. The van der Waals surface area contributed by atoms with Crippen molar-refractivity contribution in [3.05, 3.63) is 82.4 Å². The van der Waals surface area contributed by atoms with Crippen molar-refractivity contribution in [2.45, 2.75) is 11.2 Å². The first-order valence-corrected chi connectivity index (χ1v) is 7.35. The first-order chi connectivity index (χ1) is 9.81. The number of hydrogen-bond acceptors (Lipinski definition) is 3. The standard InChI is InChI=1S/C17H14N2S/c18-11-14-15(12-7-3-1-4-8-12)16(20-17(14)19)13-9-5-2-6-10-13/h1-10,15-16H,19H2. The predicted molar refractivity (Wildman–Crippen MR) is 82.8 cm³/mol. The summed E-state index contributed by atoms with van der Waals surface area (Å²) in [5.74, 6) is 0.0357. The van der Waals surface area contributed by atoms with E-state index in [-0.39, 0.29) is 11.2 Å². The summed E-state index contributed by atoms with van der Waals surface area (Å²) in [4.78, 5) is 0. The summed E-state index contributed by atoms with van der Waals surface area (Å²) >= 11 is 1.59. The molecule has 1 aliphatic rings. The van der Waals surface area contributed by atoms with E-state index in [2.05, 4.69) is 30.3 Å². The van der Waals surface area contributed by atoms with Crippen molar-refractivity contribution in [2.75, 3.05) is 0 Å². The lowest BCUT2D eigenvalue weighted by molar-refractivity contribution is 0.802. The predicted octanol–water partition coefficient (Wildman–Crippen LogP) is 3.95. The highest BCUT2D eigenvalue weighted by molar-refractivity contribution is 8.03. The molecule has 1 heterocycles. The van der Waals surface area contributed by atoms with Gasteiger partial charge in [-0.25, -0.2) is 0 Å². The molecule has 98 valence electrons. The van der Waals surface area contributed by atoms with Gasteiger partial charge in [-0.15, -0.1) is 0 Å². The summed E-state index contributed by atoms with van der Waals surface area (Å²) in [6.45, 7) is 0. The molecular weight excluding hydrogens is 264 g/mol. The molecule has 1 aliphatic heterocycles. The lowest BCUT2D eigenvalue weighted by Crippen LogP contribution is -2.06. The Kier molecular flexibility index (Phi) is 3.49. The van der Waals surface area contributed by atoms with Crippen molar-refractivity contribution in [1.82, 2.24) is 0 Å². The summed E-state index contributed by atoms with van der Waals surface area (Å²) in [6.07, 6.45) is 0. The van der Waals surface area contributed by atoms with Gasteiger partial charge in [0.25, 0.3) is 0 Å². The van der Waals surface area contributed by atoms with Crippen molar-refractivity contribution in [2.24, 2.45) is 5.73 Å². The zero-order valence-electron chi connectivity index (χ0n) is 10.9. The average molecular weight is 278 g/mol. The molecule has 0 bridgehead atoms. The fourth-order valence-electron chi connectivity index (χ4n) is 2.60. The lowest BCUT2D eigenvalue weighted by atomic mass is 9.86. The molecule has 0 aromatic heterocycles. The monoisotopic (exact) mass is 278 g/mol. The van der Waals surface area contributed by atoms with E-state index in [1.807, 2.05) is 36.4 Å². The SMILES string of the molecule is N#CC1=C(N)SC(c2ccccc2)C1c1ccccc1. The number of hydrogen-bond donors (Lipinski definition) is 1. The molecule has 2 N–H and O–H groups in total. The van der Waals surface area contributed by atoms with Crippen LogP contribution in [0.2, 0.25) is 0 Å². The van der Waals surface area contributed by atoms with Crippen molar-refractivity contribution >= 4 is 11.8 Å². The third kappa shape index (κ3) is 2.19. The van der Waals surface area contributed by atoms with E-state index in [0.29, 0.717) is 10.6 Å². The molecule has 2 unspecified atom stereocenters. The molecule has 0 saturated heterocycles. The van der Waals surface area contributed by atoms with Gasteiger partial charge in [-0.1, -0.05) is 72.4 Å². The highest BCUT2D eigenvalue weighted by Crippen LogP contribution is 2.54. The third-order valence-electron chi connectivity index (χ3n) is 3.54. The first-order valence-electron chi connectivity index (χ1n) is 6.47. The number of benzene rings is 2. The van der Waals surface area contributed by atoms with Gasteiger partial charge < -0.3 is 5.73 Å². The minimum atomic E-state index is 0.0357. The van der Waals surface area contributed by atoms with E-state index >= 15 is 0 Å². The van der Waals surface area contributed by atoms with Crippen LogP contribution in [0.25, 0.3) is 0 Å². The van der Waals surface area contributed by atoms with Crippen LogP contribution in [0.3, 0.4) is 0 Å². The Morgan fingerprint density at radius 3 is 2.00 bits per heavy atom. The van der Waals surface area contributed by atoms with Crippen LogP contribution in [-0.2, 0) is 0 Å². The van der Waals surface area contributed by atoms with Crippen molar-refractivity contribution in [1.29, 1.82) is 5.26 Å². The molecule has 0 fully saturated rings. The number of nitriles is 1. The van der Waals surface area contributed by atoms with Crippen LogP contribution >= 0.6 is 11.8 Å². The third-order valence-corrected chi connectivity index (χ3v) is 4.81.